The number of aromatic nitrogens is 1. The van der Waals surface area contributed by atoms with Crippen molar-refractivity contribution in [3.63, 3.8) is 0 Å². The number of para-hydroxylation sites is 1. The number of anilines is 1. The fourth-order valence-corrected chi connectivity index (χ4v) is 1.85. The fourth-order valence-electron chi connectivity index (χ4n) is 1.85. The number of benzene rings is 1. The molecule has 1 unspecified atom stereocenters. The minimum absolute atomic E-state index is 0.0245. The van der Waals surface area contributed by atoms with E-state index in [9.17, 15) is 19.2 Å². The van der Waals surface area contributed by atoms with Gasteiger partial charge in [0.1, 0.15) is 0 Å². The lowest BCUT2D eigenvalue weighted by atomic mass is 10.2. The van der Waals surface area contributed by atoms with Gasteiger partial charge in [0.25, 0.3) is 11.5 Å². The van der Waals surface area contributed by atoms with Gasteiger partial charge >= 0.3 is 12.0 Å². The number of carbonyl (C=O) groups is 3. The van der Waals surface area contributed by atoms with Gasteiger partial charge in [-0.3, -0.25) is 14.9 Å². The first-order valence-electron chi connectivity index (χ1n) is 7.41. The fraction of sp³-hybridized carbons (Fsp3) is 0.176. The highest BCUT2D eigenvalue weighted by Crippen LogP contribution is 2.05. The summed E-state index contributed by atoms with van der Waals surface area (Å²) in [4.78, 5) is 47.1. The van der Waals surface area contributed by atoms with Gasteiger partial charge in [0.2, 0.25) is 0 Å². The maximum atomic E-state index is 11.9. The van der Waals surface area contributed by atoms with Gasteiger partial charge in [-0.05, 0) is 25.1 Å². The maximum absolute atomic E-state index is 11.9. The molecular weight excluding hydrogens is 326 g/mol. The quantitative estimate of drug-likeness (QED) is 0.813. The van der Waals surface area contributed by atoms with Crippen LogP contribution in [0, 0.1) is 0 Å². The monoisotopic (exact) mass is 343 g/mol. The van der Waals surface area contributed by atoms with Crippen LogP contribution in [-0.4, -0.2) is 28.6 Å². The summed E-state index contributed by atoms with van der Waals surface area (Å²) in [5.74, 6) is -1.62. The lowest BCUT2D eigenvalue weighted by Gasteiger charge is -2.13. The summed E-state index contributed by atoms with van der Waals surface area (Å²) < 4.78 is 6.26. The molecule has 0 aliphatic rings. The number of amides is 3. The molecule has 2 rings (SSSR count). The van der Waals surface area contributed by atoms with Crippen LogP contribution in [-0.2, 0) is 16.6 Å². The highest BCUT2D eigenvalue weighted by Gasteiger charge is 2.21. The molecule has 1 atom stereocenters. The third-order valence-corrected chi connectivity index (χ3v) is 3.26. The van der Waals surface area contributed by atoms with Crippen LogP contribution in [0.25, 0.3) is 0 Å². The number of ether oxygens (including phenoxy) is 1. The Kier molecular flexibility index (Phi) is 5.67. The number of pyridine rings is 1. The molecule has 0 spiro atoms. The van der Waals surface area contributed by atoms with Gasteiger partial charge in [-0.1, -0.05) is 18.2 Å². The van der Waals surface area contributed by atoms with Crippen molar-refractivity contribution in [2.45, 2.75) is 13.0 Å². The third-order valence-electron chi connectivity index (χ3n) is 3.26. The molecule has 1 aromatic carbocycles. The molecule has 8 heteroatoms. The minimum atomic E-state index is -1.21. The number of nitrogens with zero attached hydrogens (tertiary/aromatic N) is 1. The molecule has 0 bridgehead atoms. The van der Waals surface area contributed by atoms with Crippen molar-refractivity contribution in [1.29, 1.82) is 0 Å². The van der Waals surface area contributed by atoms with E-state index in [4.69, 9.17) is 4.74 Å². The zero-order chi connectivity index (χ0) is 18.4. The molecule has 2 aromatic rings. The standard InChI is InChI=1S/C17H17N3O5/c1-11(25-16(23)12-8-9-20(2)14(21)10-12)15(22)19-17(24)18-13-6-4-3-5-7-13/h3-11H,1-2H3,(H2,18,19,22,24). The van der Waals surface area contributed by atoms with Crippen LogP contribution in [0.5, 0.6) is 0 Å². The molecule has 130 valence electrons. The van der Waals surface area contributed by atoms with Crippen molar-refractivity contribution in [3.8, 4) is 0 Å². The van der Waals surface area contributed by atoms with Crippen molar-refractivity contribution in [1.82, 2.24) is 9.88 Å². The van der Waals surface area contributed by atoms with E-state index in [-0.39, 0.29) is 11.1 Å². The van der Waals surface area contributed by atoms with E-state index in [1.165, 1.54) is 23.8 Å². The molecule has 3 amide bonds. The first-order chi connectivity index (χ1) is 11.9. The molecule has 1 heterocycles. The number of urea groups is 1. The second kappa shape index (κ2) is 7.91. The van der Waals surface area contributed by atoms with Crippen LogP contribution in [0.15, 0.2) is 53.5 Å². The van der Waals surface area contributed by atoms with Crippen molar-refractivity contribution in [2.75, 3.05) is 5.32 Å². The number of hydrogen-bond acceptors (Lipinski definition) is 5. The second-order valence-electron chi connectivity index (χ2n) is 5.22. The van der Waals surface area contributed by atoms with E-state index in [2.05, 4.69) is 10.6 Å². The van der Waals surface area contributed by atoms with Crippen molar-refractivity contribution < 1.29 is 19.1 Å². The Morgan fingerprint density at radius 2 is 1.80 bits per heavy atom. The topological polar surface area (TPSA) is 106 Å². The Morgan fingerprint density at radius 3 is 2.44 bits per heavy atom. The summed E-state index contributed by atoms with van der Waals surface area (Å²) in [7, 11) is 1.54. The Morgan fingerprint density at radius 1 is 1.12 bits per heavy atom. The summed E-state index contributed by atoms with van der Waals surface area (Å²) in [5, 5.41) is 4.54. The first kappa shape index (κ1) is 17.9. The molecule has 2 N–H and O–H groups in total. The predicted octanol–water partition coefficient (Wildman–Crippen LogP) is 1.28. The zero-order valence-corrected chi connectivity index (χ0v) is 13.7. The smallest absolute Gasteiger partial charge is 0.339 e. The molecule has 0 aliphatic heterocycles. The van der Waals surface area contributed by atoms with E-state index in [1.807, 2.05) is 0 Å². The van der Waals surface area contributed by atoms with Crippen LogP contribution in [0.2, 0.25) is 0 Å². The summed E-state index contributed by atoms with van der Waals surface area (Å²) >= 11 is 0. The molecule has 0 radical (unpaired) electrons. The number of carbonyl (C=O) groups excluding carboxylic acids is 3. The number of hydrogen-bond donors (Lipinski definition) is 2. The molecule has 0 fully saturated rings. The summed E-state index contributed by atoms with van der Waals surface area (Å²) in [6.45, 7) is 1.32. The lowest BCUT2D eigenvalue weighted by molar-refractivity contribution is -0.127. The third kappa shape index (κ3) is 5.03. The zero-order valence-electron chi connectivity index (χ0n) is 13.7. The maximum Gasteiger partial charge on any atom is 0.339 e. The molecule has 8 nitrogen and oxygen atoms in total. The molecule has 0 aliphatic carbocycles. The van der Waals surface area contributed by atoms with Gasteiger partial charge in [-0.15, -0.1) is 0 Å². The SMILES string of the molecule is CC(OC(=O)c1ccn(C)c(=O)c1)C(=O)NC(=O)Nc1ccccc1. The van der Waals surface area contributed by atoms with Gasteiger partial charge in [-0.25, -0.2) is 9.59 Å². The van der Waals surface area contributed by atoms with Crippen LogP contribution in [0.1, 0.15) is 17.3 Å². The van der Waals surface area contributed by atoms with E-state index in [0.717, 1.165) is 6.07 Å². The van der Waals surface area contributed by atoms with Gasteiger partial charge in [0.15, 0.2) is 6.10 Å². The largest absolute Gasteiger partial charge is 0.449 e. The molecular formula is C17H17N3O5. The van der Waals surface area contributed by atoms with Crippen LogP contribution >= 0.6 is 0 Å². The number of aryl methyl sites for hydroxylation is 1. The normalized spacial score (nSPS) is 11.3. The highest BCUT2D eigenvalue weighted by atomic mass is 16.5. The Balaban J connectivity index is 1.91. The summed E-state index contributed by atoms with van der Waals surface area (Å²) in [5.41, 5.74) is 0.155. The highest BCUT2D eigenvalue weighted by molar-refractivity contribution is 6.03. The van der Waals surface area contributed by atoms with E-state index in [0.29, 0.717) is 5.69 Å². The lowest BCUT2D eigenvalue weighted by Crippen LogP contribution is -2.41. The van der Waals surface area contributed by atoms with Gasteiger partial charge < -0.3 is 14.6 Å². The van der Waals surface area contributed by atoms with Crippen molar-refractivity contribution in [3.05, 3.63) is 64.6 Å². The van der Waals surface area contributed by atoms with Crippen molar-refractivity contribution in [2.24, 2.45) is 7.05 Å². The molecule has 1 aromatic heterocycles. The minimum Gasteiger partial charge on any atom is -0.449 e. The number of rotatable bonds is 4. The number of esters is 1. The van der Waals surface area contributed by atoms with Crippen LogP contribution in [0.4, 0.5) is 10.5 Å². The molecule has 25 heavy (non-hydrogen) atoms. The summed E-state index contributed by atoms with van der Waals surface area (Å²) in [6, 6.07) is 10.3. The Bertz CT molecular complexity index is 845. The summed E-state index contributed by atoms with van der Waals surface area (Å²) in [6.07, 6.45) is 0.204. The van der Waals surface area contributed by atoms with Gasteiger partial charge in [0, 0.05) is 25.0 Å². The van der Waals surface area contributed by atoms with E-state index < -0.39 is 24.0 Å². The van der Waals surface area contributed by atoms with Gasteiger partial charge in [0.05, 0.1) is 5.56 Å². The predicted molar refractivity (Wildman–Crippen MR) is 90.2 cm³/mol. The van der Waals surface area contributed by atoms with Crippen LogP contribution < -0.4 is 16.2 Å². The van der Waals surface area contributed by atoms with E-state index >= 15 is 0 Å². The van der Waals surface area contributed by atoms with E-state index in [1.54, 1.807) is 37.4 Å². The van der Waals surface area contributed by atoms with Crippen LogP contribution in [0.3, 0.4) is 0 Å². The molecule has 0 saturated heterocycles. The Labute approximate surface area is 143 Å². The van der Waals surface area contributed by atoms with Crippen molar-refractivity contribution >= 4 is 23.6 Å². The van der Waals surface area contributed by atoms with Gasteiger partial charge in [-0.2, -0.15) is 0 Å². The Hall–Kier alpha value is -3.42. The number of nitrogens with one attached hydrogen (secondary N) is 2. The number of imide groups is 1. The average Bonchev–Trinajstić information content (AvgIpc) is 2.57. The first-order valence-corrected chi connectivity index (χ1v) is 7.41. The molecule has 0 saturated carbocycles. The average molecular weight is 343 g/mol. The second-order valence-corrected chi connectivity index (χ2v) is 5.22.